The Morgan fingerprint density at radius 1 is 1.28 bits per heavy atom. The molecule has 18 heavy (non-hydrogen) atoms. The molecule has 1 atom stereocenters. The minimum absolute atomic E-state index is 0.113. The molecule has 3 nitrogen and oxygen atoms in total. The van der Waals surface area contributed by atoms with Crippen LogP contribution in [0.15, 0.2) is 30.3 Å². The molecule has 0 bridgehead atoms. The number of hydrogen-bond donors (Lipinski definition) is 1. The number of carbonyl (C=O) groups excluding carboxylic acids is 2. The zero-order chi connectivity index (χ0) is 13.5. The van der Waals surface area contributed by atoms with Gasteiger partial charge in [-0.15, -0.1) is 0 Å². The summed E-state index contributed by atoms with van der Waals surface area (Å²) in [5.74, 6) is -1.14. The van der Waals surface area contributed by atoms with Gasteiger partial charge in [-0.2, -0.15) is 0 Å². The van der Waals surface area contributed by atoms with Gasteiger partial charge in [-0.3, -0.25) is 9.59 Å². The summed E-state index contributed by atoms with van der Waals surface area (Å²) in [6.07, 6.45) is 1.09. The highest BCUT2D eigenvalue weighted by atomic mass is 32.1. The number of carbonyl (C=O) groups is 2. The van der Waals surface area contributed by atoms with Gasteiger partial charge < -0.3 is 5.32 Å². The highest BCUT2D eigenvalue weighted by molar-refractivity contribution is 7.80. The van der Waals surface area contributed by atoms with Crippen molar-refractivity contribution in [3.63, 3.8) is 0 Å². The Hall–Kier alpha value is -1.55. The van der Waals surface area contributed by atoms with Crippen molar-refractivity contribution in [1.29, 1.82) is 0 Å². The third-order valence-electron chi connectivity index (χ3n) is 2.53. The largest absolute Gasteiger partial charge is 0.349 e. The second kappa shape index (κ2) is 7.01. The Morgan fingerprint density at radius 3 is 2.39 bits per heavy atom. The Morgan fingerprint density at radius 2 is 1.89 bits per heavy atom. The first kappa shape index (κ1) is 14.5. The lowest BCUT2D eigenvalue weighted by Gasteiger charge is -2.15. The molecule has 1 aromatic rings. The van der Waals surface area contributed by atoms with E-state index >= 15 is 0 Å². The van der Waals surface area contributed by atoms with Gasteiger partial charge in [0.1, 0.15) is 17.5 Å². The molecule has 1 rings (SSSR count). The van der Waals surface area contributed by atoms with Crippen LogP contribution in [-0.2, 0) is 9.59 Å². The van der Waals surface area contributed by atoms with Crippen molar-refractivity contribution in [2.75, 3.05) is 5.32 Å². The summed E-state index contributed by atoms with van der Waals surface area (Å²) < 4.78 is 0. The Kier molecular flexibility index (Phi) is 5.65. The minimum Gasteiger partial charge on any atom is -0.349 e. The van der Waals surface area contributed by atoms with Gasteiger partial charge in [-0.1, -0.05) is 37.3 Å². The van der Waals surface area contributed by atoms with E-state index < -0.39 is 5.92 Å². The molecule has 0 aliphatic carbocycles. The van der Waals surface area contributed by atoms with Crippen LogP contribution in [0, 0.1) is 5.92 Å². The van der Waals surface area contributed by atoms with E-state index in [4.69, 9.17) is 12.2 Å². The second-order valence-electron chi connectivity index (χ2n) is 4.12. The van der Waals surface area contributed by atoms with Crippen molar-refractivity contribution >= 4 is 34.5 Å². The average Bonchev–Trinajstić information content (AvgIpc) is 2.30. The van der Waals surface area contributed by atoms with Crippen LogP contribution in [0.25, 0.3) is 0 Å². The van der Waals surface area contributed by atoms with Crippen LogP contribution in [0.1, 0.15) is 26.7 Å². The van der Waals surface area contributed by atoms with Crippen LogP contribution in [0.5, 0.6) is 0 Å². The molecule has 1 aromatic carbocycles. The third-order valence-corrected chi connectivity index (χ3v) is 2.87. The van der Waals surface area contributed by atoms with Gasteiger partial charge in [0.05, 0.1) is 4.99 Å². The zero-order valence-corrected chi connectivity index (χ0v) is 11.4. The van der Waals surface area contributed by atoms with E-state index in [0.717, 1.165) is 12.1 Å². The zero-order valence-electron chi connectivity index (χ0n) is 10.6. The summed E-state index contributed by atoms with van der Waals surface area (Å²) in [5.41, 5.74) is 0.790. The fourth-order valence-electron chi connectivity index (χ4n) is 1.68. The van der Waals surface area contributed by atoms with Gasteiger partial charge >= 0.3 is 0 Å². The van der Waals surface area contributed by atoms with Crippen LogP contribution in [0.2, 0.25) is 0 Å². The molecule has 0 unspecified atom stereocenters. The van der Waals surface area contributed by atoms with Crippen molar-refractivity contribution < 1.29 is 9.59 Å². The summed E-state index contributed by atoms with van der Waals surface area (Å²) >= 11 is 5.17. The molecule has 0 saturated heterocycles. The number of thiocarbonyl (C=S) groups is 1. The minimum atomic E-state index is -0.819. The topological polar surface area (TPSA) is 46.2 Å². The summed E-state index contributed by atoms with van der Waals surface area (Å²) in [6.45, 7) is 3.31. The molecular formula is C14H17NO2S. The van der Waals surface area contributed by atoms with E-state index in [-0.39, 0.29) is 16.6 Å². The second-order valence-corrected chi connectivity index (χ2v) is 4.56. The summed E-state index contributed by atoms with van der Waals surface area (Å²) in [5, 5.41) is 2.95. The molecular weight excluding hydrogens is 246 g/mol. The smallest absolute Gasteiger partial charge is 0.150 e. The van der Waals surface area contributed by atoms with Gasteiger partial charge in [0.2, 0.25) is 0 Å². The molecule has 0 amide bonds. The molecule has 1 N–H and O–H groups in total. The number of Topliss-reactive ketones (excluding diaryl/α,β-unsaturated/α-hetero) is 2. The standard InChI is InChI=1S/C14H17NO2S/c1-3-7-12(17)13(10(2)16)14(18)15-11-8-5-4-6-9-11/h4-6,8-9,13H,3,7H2,1-2H3,(H,15,18)/t13-/m0/s1. The third kappa shape index (κ3) is 4.04. The number of benzene rings is 1. The van der Waals surface area contributed by atoms with E-state index in [1.54, 1.807) is 0 Å². The molecule has 0 heterocycles. The van der Waals surface area contributed by atoms with Gasteiger partial charge in [0, 0.05) is 12.1 Å². The molecule has 0 saturated carbocycles. The molecule has 0 aliphatic rings. The lowest BCUT2D eigenvalue weighted by atomic mass is 9.96. The fourth-order valence-corrected chi connectivity index (χ4v) is 2.10. The highest BCUT2D eigenvalue weighted by Gasteiger charge is 2.26. The van der Waals surface area contributed by atoms with E-state index in [1.165, 1.54) is 6.92 Å². The van der Waals surface area contributed by atoms with Gasteiger partial charge in [-0.05, 0) is 25.5 Å². The van der Waals surface area contributed by atoms with Gasteiger partial charge in [0.15, 0.2) is 0 Å². The van der Waals surface area contributed by atoms with Crippen LogP contribution >= 0.6 is 12.2 Å². The molecule has 0 spiro atoms. The first-order chi connectivity index (χ1) is 8.56. The highest BCUT2D eigenvalue weighted by Crippen LogP contribution is 2.13. The predicted octanol–water partition coefficient (Wildman–Crippen LogP) is 3.00. The predicted molar refractivity (Wildman–Crippen MR) is 76.7 cm³/mol. The maximum atomic E-state index is 11.9. The van der Waals surface area contributed by atoms with Crippen LogP contribution in [0.3, 0.4) is 0 Å². The monoisotopic (exact) mass is 263 g/mol. The normalized spacial score (nSPS) is 11.7. The van der Waals surface area contributed by atoms with Gasteiger partial charge in [-0.25, -0.2) is 0 Å². The van der Waals surface area contributed by atoms with E-state index in [2.05, 4.69) is 5.32 Å². The van der Waals surface area contributed by atoms with Crippen LogP contribution in [0.4, 0.5) is 5.69 Å². The number of ketones is 2. The molecule has 0 aromatic heterocycles. The quantitative estimate of drug-likeness (QED) is 0.633. The Balaban J connectivity index is 2.78. The van der Waals surface area contributed by atoms with E-state index in [1.807, 2.05) is 37.3 Å². The number of para-hydroxylation sites is 1. The van der Waals surface area contributed by atoms with Crippen molar-refractivity contribution in [3.05, 3.63) is 30.3 Å². The summed E-state index contributed by atoms with van der Waals surface area (Å²) in [6, 6.07) is 9.30. The van der Waals surface area contributed by atoms with Crippen LogP contribution in [-0.4, -0.2) is 16.6 Å². The molecule has 0 aliphatic heterocycles. The van der Waals surface area contributed by atoms with Crippen molar-refractivity contribution in [2.45, 2.75) is 26.7 Å². The number of nitrogens with one attached hydrogen (secondary N) is 1. The maximum absolute atomic E-state index is 11.9. The molecule has 0 fully saturated rings. The first-order valence-corrected chi connectivity index (χ1v) is 6.36. The molecule has 4 heteroatoms. The first-order valence-electron chi connectivity index (χ1n) is 5.95. The van der Waals surface area contributed by atoms with Crippen molar-refractivity contribution in [3.8, 4) is 0 Å². The fraction of sp³-hybridized carbons (Fsp3) is 0.357. The Bertz CT molecular complexity index is 442. The number of rotatable bonds is 6. The summed E-state index contributed by atoms with van der Waals surface area (Å²) in [4.78, 5) is 23.7. The van der Waals surface area contributed by atoms with Crippen molar-refractivity contribution in [2.24, 2.45) is 5.92 Å². The SMILES string of the molecule is CCCC(=O)[C@H](C(C)=O)C(=S)Nc1ccccc1. The van der Waals surface area contributed by atoms with E-state index in [0.29, 0.717) is 6.42 Å². The number of anilines is 1. The lowest BCUT2D eigenvalue weighted by Crippen LogP contribution is -2.33. The maximum Gasteiger partial charge on any atom is 0.150 e. The number of hydrogen-bond acceptors (Lipinski definition) is 3. The molecule has 96 valence electrons. The van der Waals surface area contributed by atoms with Crippen molar-refractivity contribution in [1.82, 2.24) is 0 Å². The van der Waals surface area contributed by atoms with Crippen LogP contribution < -0.4 is 5.32 Å². The Labute approximate surface area is 113 Å². The van der Waals surface area contributed by atoms with E-state index in [9.17, 15) is 9.59 Å². The summed E-state index contributed by atoms with van der Waals surface area (Å²) in [7, 11) is 0. The van der Waals surface area contributed by atoms with Gasteiger partial charge in [0.25, 0.3) is 0 Å². The lowest BCUT2D eigenvalue weighted by molar-refractivity contribution is -0.128. The average molecular weight is 263 g/mol. The molecule has 0 radical (unpaired) electrons.